The third-order valence-corrected chi connectivity index (χ3v) is 2.88. The molecule has 1 fully saturated rings. The molecule has 0 N–H and O–H groups in total. The molecule has 1 aliphatic rings. The van der Waals surface area contributed by atoms with E-state index >= 15 is 0 Å². The summed E-state index contributed by atoms with van der Waals surface area (Å²) in [5, 5.41) is 8.62. The van der Waals surface area contributed by atoms with Crippen molar-refractivity contribution >= 4 is 0 Å². The van der Waals surface area contributed by atoms with Crippen molar-refractivity contribution in [1.82, 2.24) is 0 Å². The smallest absolute Gasteiger partial charge is 0.166 e. The van der Waals surface area contributed by atoms with Gasteiger partial charge >= 0.3 is 0 Å². The molecule has 0 radical (unpaired) electrons. The Bertz CT molecular complexity index is 422. The van der Waals surface area contributed by atoms with Crippen molar-refractivity contribution in [2.45, 2.75) is 12.8 Å². The Hall–Kier alpha value is -1.60. The summed E-state index contributed by atoms with van der Waals surface area (Å²) >= 11 is 0. The molecule has 1 aromatic rings. The maximum absolute atomic E-state index is 13.5. The van der Waals surface area contributed by atoms with E-state index in [-0.39, 0.29) is 5.75 Å². The number of halogens is 1. The van der Waals surface area contributed by atoms with Gasteiger partial charge in [0.25, 0.3) is 0 Å². The molecule has 1 saturated heterocycles. The second-order valence-electron chi connectivity index (χ2n) is 4.12. The largest absolute Gasteiger partial charge is 0.490 e. The molecular weight excluding hydrogens is 221 g/mol. The summed E-state index contributed by atoms with van der Waals surface area (Å²) in [6.07, 6.45) is 1.91. The van der Waals surface area contributed by atoms with Gasteiger partial charge in [0.1, 0.15) is 0 Å². The summed E-state index contributed by atoms with van der Waals surface area (Å²) in [6, 6.07) is 6.15. The highest BCUT2D eigenvalue weighted by Crippen LogP contribution is 2.21. The van der Waals surface area contributed by atoms with Crippen LogP contribution in [0, 0.1) is 23.1 Å². The second-order valence-corrected chi connectivity index (χ2v) is 4.12. The Kier molecular flexibility index (Phi) is 3.94. The molecule has 0 amide bonds. The Morgan fingerprint density at radius 2 is 2.18 bits per heavy atom. The first-order chi connectivity index (χ1) is 8.29. The first-order valence-corrected chi connectivity index (χ1v) is 5.70. The minimum Gasteiger partial charge on any atom is -0.490 e. The maximum atomic E-state index is 13.5. The maximum Gasteiger partial charge on any atom is 0.166 e. The highest BCUT2D eigenvalue weighted by molar-refractivity contribution is 5.35. The normalized spacial score (nSPS) is 16.5. The van der Waals surface area contributed by atoms with Crippen LogP contribution in [0.5, 0.6) is 5.75 Å². The summed E-state index contributed by atoms with van der Waals surface area (Å²) in [7, 11) is 0. The van der Waals surface area contributed by atoms with Gasteiger partial charge in [-0.05, 0) is 37.0 Å². The van der Waals surface area contributed by atoms with Crippen LogP contribution in [0.2, 0.25) is 0 Å². The predicted octanol–water partition coefficient (Wildman–Crippen LogP) is 2.50. The second kappa shape index (κ2) is 5.65. The Morgan fingerprint density at radius 1 is 1.41 bits per heavy atom. The lowest BCUT2D eigenvalue weighted by molar-refractivity contribution is 0.0491. The van der Waals surface area contributed by atoms with Crippen LogP contribution in [0.1, 0.15) is 18.4 Å². The van der Waals surface area contributed by atoms with E-state index in [0.29, 0.717) is 18.1 Å². The van der Waals surface area contributed by atoms with Gasteiger partial charge in [-0.2, -0.15) is 5.26 Å². The van der Waals surface area contributed by atoms with Crippen molar-refractivity contribution < 1.29 is 13.9 Å². The van der Waals surface area contributed by atoms with Crippen molar-refractivity contribution in [1.29, 1.82) is 5.26 Å². The van der Waals surface area contributed by atoms with Gasteiger partial charge in [-0.1, -0.05) is 0 Å². The summed E-state index contributed by atoms with van der Waals surface area (Å²) in [5.41, 5.74) is 0.306. The molecule has 1 aliphatic heterocycles. The predicted molar refractivity (Wildman–Crippen MR) is 60.2 cm³/mol. The molecule has 3 nitrogen and oxygen atoms in total. The third kappa shape index (κ3) is 3.18. The van der Waals surface area contributed by atoms with Crippen LogP contribution in [0.3, 0.4) is 0 Å². The van der Waals surface area contributed by atoms with Crippen molar-refractivity contribution in [2.24, 2.45) is 5.92 Å². The van der Waals surface area contributed by atoms with Crippen LogP contribution in [0.15, 0.2) is 18.2 Å². The molecular formula is C13H14FNO2. The van der Waals surface area contributed by atoms with Gasteiger partial charge in [0.15, 0.2) is 11.6 Å². The van der Waals surface area contributed by atoms with E-state index in [4.69, 9.17) is 14.7 Å². The molecule has 0 spiro atoms. The van der Waals surface area contributed by atoms with Crippen LogP contribution < -0.4 is 4.74 Å². The van der Waals surface area contributed by atoms with Gasteiger partial charge in [-0.3, -0.25) is 0 Å². The number of nitriles is 1. The van der Waals surface area contributed by atoms with Crippen LogP contribution in [0.25, 0.3) is 0 Å². The van der Waals surface area contributed by atoms with Crippen molar-refractivity contribution in [3.8, 4) is 11.8 Å². The number of hydrogen-bond acceptors (Lipinski definition) is 3. The van der Waals surface area contributed by atoms with E-state index in [1.165, 1.54) is 12.1 Å². The fourth-order valence-corrected chi connectivity index (χ4v) is 1.81. The minimum atomic E-state index is -0.476. The molecule has 17 heavy (non-hydrogen) atoms. The molecule has 90 valence electrons. The highest BCUT2D eigenvalue weighted by atomic mass is 19.1. The quantitative estimate of drug-likeness (QED) is 0.808. The lowest BCUT2D eigenvalue weighted by atomic mass is 10.0. The number of rotatable bonds is 3. The van der Waals surface area contributed by atoms with Gasteiger partial charge < -0.3 is 9.47 Å². The standard InChI is InChI=1S/C13H14FNO2/c14-12-7-11(8-15)1-2-13(12)17-9-10-3-5-16-6-4-10/h1-2,7,10H,3-6,9H2. The van der Waals surface area contributed by atoms with Crippen molar-refractivity contribution in [3.05, 3.63) is 29.6 Å². The van der Waals surface area contributed by atoms with Gasteiger partial charge in [0.05, 0.1) is 18.2 Å². The van der Waals surface area contributed by atoms with Gasteiger partial charge in [0.2, 0.25) is 0 Å². The number of benzene rings is 1. The Balaban J connectivity index is 1.92. The van der Waals surface area contributed by atoms with E-state index in [9.17, 15) is 4.39 Å². The molecule has 0 unspecified atom stereocenters. The molecule has 0 saturated carbocycles. The zero-order chi connectivity index (χ0) is 12.1. The Morgan fingerprint density at radius 3 is 2.82 bits per heavy atom. The van der Waals surface area contributed by atoms with Crippen molar-refractivity contribution in [2.75, 3.05) is 19.8 Å². The summed E-state index contributed by atoms with van der Waals surface area (Å²) in [5.74, 6) is 0.172. The zero-order valence-electron chi connectivity index (χ0n) is 9.49. The van der Waals surface area contributed by atoms with Crippen LogP contribution >= 0.6 is 0 Å². The molecule has 4 heteroatoms. The third-order valence-electron chi connectivity index (χ3n) is 2.88. The molecule has 1 heterocycles. The lowest BCUT2D eigenvalue weighted by Gasteiger charge is -2.22. The number of ether oxygens (including phenoxy) is 2. The summed E-state index contributed by atoms with van der Waals surface area (Å²) in [4.78, 5) is 0. The summed E-state index contributed by atoms with van der Waals surface area (Å²) < 4.78 is 24.2. The number of hydrogen-bond donors (Lipinski definition) is 0. The van der Waals surface area contributed by atoms with E-state index in [2.05, 4.69) is 0 Å². The van der Waals surface area contributed by atoms with Crippen LogP contribution in [0.4, 0.5) is 4.39 Å². The van der Waals surface area contributed by atoms with Gasteiger partial charge in [-0.25, -0.2) is 4.39 Å². The van der Waals surface area contributed by atoms with Crippen molar-refractivity contribution in [3.63, 3.8) is 0 Å². The van der Waals surface area contributed by atoms with Crippen LogP contribution in [-0.4, -0.2) is 19.8 Å². The number of nitrogens with zero attached hydrogens (tertiary/aromatic N) is 1. The summed E-state index contributed by atoms with van der Waals surface area (Å²) in [6.45, 7) is 2.01. The molecule has 0 bridgehead atoms. The highest BCUT2D eigenvalue weighted by Gasteiger charge is 2.15. The van der Waals surface area contributed by atoms with Gasteiger partial charge in [-0.15, -0.1) is 0 Å². The fourth-order valence-electron chi connectivity index (χ4n) is 1.81. The monoisotopic (exact) mass is 235 g/mol. The fraction of sp³-hybridized carbons (Fsp3) is 0.462. The SMILES string of the molecule is N#Cc1ccc(OCC2CCOCC2)c(F)c1. The van der Waals surface area contributed by atoms with E-state index in [1.807, 2.05) is 6.07 Å². The molecule has 1 aromatic carbocycles. The molecule has 0 aliphatic carbocycles. The van der Waals surface area contributed by atoms with E-state index in [0.717, 1.165) is 26.1 Å². The average Bonchev–Trinajstić information content (AvgIpc) is 2.38. The first kappa shape index (κ1) is 11.9. The first-order valence-electron chi connectivity index (χ1n) is 5.70. The van der Waals surface area contributed by atoms with E-state index in [1.54, 1.807) is 6.07 Å². The molecule has 0 aromatic heterocycles. The van der Waals surface area contributed by atoms with Crippen LogP contribution in [-0.2, 0) is 4.74 Å². The topological polar surface area (TPSA) is 42.2 Å². The van der Waals surface area contributed by atoms with Gasteiger partial charge in [0, 0.05) is 13.2 Å². The average molecular weight is 235 g/mol. The minimum absolute atomic E-state index is 0.218. The zero-order valence-corrected chi connectivity index (χ0v) is 9.49. The lowest BCUT2D eigenvalue weighted by Crippen LogP contribution is -2.21. The molecule has 2 rings (SSSR count). The Labute approximate surface area is 99.8 Å². The molecule has 0 atom stereocenters. The van der Waals surface area contributed by atoms with E-state index < -0.39 is 5.82 Å².